The largest absolute Gasteiger partial charge is 0.481 e. The molecule has 1 aromatic heterocycles. The molecule has 1 N–H and O–H groups in total. The van der Waals surface area contributed by atoms with Gasteiger partial charge in [0.05, 0.1) is 11.5 Å². The van der Waals surface area contributed by atoms with E-state index in [0.29, 0.717) is 30.6 Å². The van der Waals surface area contributed by atoms with Crippen LogP contribution in [0, 0.1) is 5.92 Å². The van der Waals surface area contributed by atoms with Crippen LogP contribution in [0.1, 0.15) is 78.2 Å². The van der Waals surface area contributed by atoms with Crippen LogP contribution in [0.15, 0.2) is 54.6 Å². The highest BCUT2D eigenvalue weighted by Crippen LogP contribution is 2.31. The number of ether oxygens (including phenoxy) is 1. The van der Waals surface area contributed by atoms with Gasteiger partial charge >= 0.3 is 11.9 Å². The van der Waals surface area contributed by atoms with E-state index in [4.69, 9.17) is 4.74 Å². The SMILES string of the molecule is CCCCCCCCc1ccc(-c2ccc(C(=O)Oc3ccc4c(c3)CCC(C(=O)O)C4)cc2)s1. The van der Waals surface area contributed by atoms with Gasteiger partial charge in [-0.1, -0.05) is 57.2 Å². The Morgan fingerprint density at radius 2 is 1.71 bits per heavy atom. The van der Waals surface area contributed by atoms with Gasteiger partial charge in [0, 0.05) is 9.75 Å². The summed E-state index contributed by atoms with van der Waals surface area (Å²) in [5, 5.41) is 9.26. The lowest BCUT2D eigenvalue weighted by Gasteiger charge is -2.21. The molecule has 0 aliphatic heterocycles. The molecule has 1 aliphatic rings. The molecule has 0 bridgehead atoms. The maximum atomic E-state index is 12.7. The van der Waals surface area contributed by atoms with Crippen molar-refractivity contribution < 1.29 is 19.4 Å². The van der Waals surface area contributed by atoms with E-state index >= 15 is 0 Å². The summed E-state index contributed by atoms with van der Waals surface area (Å²) in [5.74, 6) is -0.953. The highest BCUT2D eigenvalue weighted by molar-refractivity contribution is 7.15. The third-order valence-electron chi connectivity index (χ3n) is 6.81. The number of thiophene rings is 1. The Balaban J connectivity index is 1.31. The van der Waals surface area contributed by atoms with Gasteiger partial charge in [0.15, 0.2) is 0 Å². The Labute approximate surface area is 212 Å². The van der Waals surface area contributed by atoms with Gasteiger partial charge in [-0.3, -0.25) is 4.79 Å². The number of unbranched alkanes of at least 4 members (excludes halogenated alkanes) is 5. The van der Waals surface area contributed by atoms with E-state index in [9.17, 15) is 14.7 Å². The molecule has 4 nitrogen and oxygen atoms in total. The van der Waals surface area contributed by atoms with Crippen molar-refractivity contribution in [2.45, 2.75) is 71.1 Å². The molecule has 4 rings (SSSR count). The minimum absolute atomic E-state index is 0.329. The van der Waals surface area contributed by atoms with E-state index < -0.39 is 5.97 Å². The maximum absolute atomic E-state index is 12.7. The minimum Gasteiger partial charge on any atom is -0.481 e. The van der Waals surface area contributed by atoms with E-state index in [0.717, 1.165) is 23.1 Å². The van der Waals surface area contributed by atoms with Crippen molar-refractivity contribution in [3.8, 4) is 16.2 Å². The number of carbonyl (C=O) groups is 2. The molecule has 1 heterocycles. The molecule has 0 saturated carbocycles. The highest BCUT2D eigenvalue weighted by atomic mass is 32.1. The third-order valence-corrected chi connectivity index (χ3v) is 8.00. The topological polar surface area (TPSA) is 63.6 Å². The number of carbonyl (C=O) groups excluding carboxylic acids is 1. The summed E-state index contributed by atoms with van der Waals surface area (Å²) in [6.45, 7) is 2.25. The fourth-order valence-electron chi connectivity index (χ4n) is 4.69. The number of benzene rings is 2. The van der Waals surface area contributed by atoms with Crippen LogP contribution in [0.5, 0.6) is 5.75 Å². The summed E-state index contributed by atoms with van der Waals surface area (Å²) in [6.07, 6.45) is 10.8. The average molecular weight is 491 g/mol. The third kappa shape index (κ3) is 6.82. The molecule has 0 amide bonds. The predicted octanol–water partition coefficient (Wildman–Crippen LogP) is 7.73. The monoisotopic (exact) mass is 490 g/mol. The summed E-state index contributed by atoms with van der Waals surface area (Å²) in [5.41, 5.74) is 3.72. The number of carboxylic acid groups (broad SMARTS) is 1. The first kappa shape index (κ1) is 25.2. The lowest BCUT2D eigenvalue weighted by Crippen LogP contribution is -2.22. The molecule has 3 aromatic rings. The molecule has 0 saturated heterocycles. The van der Waals surface area contributed by atoms with E-state index in [-0.39, 0.29) is 11.9 Å². The minimum atomic E-state index is -0.744. The maximum Gasteiger partial charge on any atom is 0.343 e. The first-order chi connectivity index (χ1) is 17.0. The van der Waals surface area contributed by atoms with Crippen molar-refractivity contribution in [2.24, 2.45) is 5.92 Å². The molecule has 2 aromatic carbocycles. The second-order valence-corrected chi connectivity index (χ2v) is 10.6. The van der Waals surface area contributed by atoms with Crippen molar-refractivity contribution in [3.63, 3.8) is 0 Å². The van der Waals surface area contributed by atoms with Crippen LogP contribution < -0.4 is 4.74 Å². The van der Waals surface area contributed by atoms with Gasteiger partial charge in [-0.25, -0.2) is 4.79 Å². The number of carboxylic acids is 1. The van der Waals surface area contributed by atoms with E-state index in [1.165, 1.54) is 48.3 Å². The number of hydrogen-bond donors (Lipinski definition) is 1. The first-order valence-electron chi connectivity index (χ1n) is 12.8. The zero-order valence-electron chi connectivity index (χ0n) is 20.4. The molecule has 35 heavy (non-hydrogen) atoms. The van der Waals surface area contributed by atoms with Crippen LogP contribution in [0.2, 0.25) is 0 Å². The van der Waals surface area contributed by atoms with Crippen molar-refractivity contribution >= 4 is 23.3 Å². The number of aryl methyl sites for hydroxylation is 2. The molecule has 184 valence electrons. The Hall–Kier alpha value is -2.92. The van der Waals surface area contributed by atoms with Gasteiger partial charge in [0.1, 0.15) is 5.75 Å². The van der Waals surface area contributed by atoms with Crippen molar-refractivity contribution in [2.75, 3.05) is 0 Å². The lowest BCUT2D eigenvalue weighted by molar-refractivity contribution is -0.142. The van der Waals surface area contributed by atoms with Gasteiger partial charge < -0.3 is 9.84 Å². The summed E-state index contributed by atoms with van der Waals surface area (Å²) >= 11 is 1.83. The first-order valence-corrected chi connectivity index (χ1v) is 13.6. The normalized spacial score (nSPS) is 14.9. The Bertz CT molecular complexity index is 1150. The van der Waals surface area contributed by atoms with Crippen LogP contribution in [-0.2, 0) is 24.1 Å². The number of rotatable bonds is 11. The Morgan fingerprint density at radius 1 is 0.943 bits per heavy atom. The molecule has 1 atom stereocenters. The fourth-order valence-corrected chi connectivity index (χ4v) is 5.74. The summed E-state index contributed by atoms with van der Waals surface area (Å²) < 4.78 is 5.62. The van der Waals surface area contributed by atoms with Crippen molar-refractivity contribution in [3.05, 3.63) is 76.2 Å². The van der Waals surface area contributed by atoms with Crippen LogP contribution in [0.4, 0.5) is 0 Å². The number of aliphatic carboxylic acids is 1. The van der Waals surface area contributed by atoms with E-state index in [1.807, 2.05) is 47.7 Å². The lowest BCUT2D eigenvalue weighted by atomic mass is 9.84. The number of esters is 1. The zero-order valence-corrected chi connectivity index (χ0v) is 21.2. The molecule has 0 radical (unpaired) electrons. The molecule has 0 spiro atoms. The molecule has 1 aliphatic carbocycles. The van der Waals surface area contributed by atoms with Crippen LogP contribution in [0.25, 0.3) is 10.4 Å². The van der Waals surface area contributed by atoms with Crippen molar-refractivity contribution in [1.82, 2.24) is 0 Å². The van der Waals surface area contributed by atoms with E-state index in [2.05, 4.69) is 19.1 Å². The van der Waals surface area contributed by atoms with Crippen LogP contribution in [0.3, 0.4) is 0 Å². The van der Waals surface area contributed by atoms with Gasteiger partial charge in [-0.15, -0.1) is 11.3 Å². The number of fused-ring (bicyclic) bond motifs is 1. The predicted molar refractivity (Wildman–Crippen MR) is 141 cm³/mol. The zero-order chi connectivity index (χ0) is 24.6. The van der Waals surface area contributed by atoms with Crippen LogP contribution in [-0.4, -0.2) is 17.0 Å². The molecule has 5 heteroatoms. The summed E-state index contributed by atoms with van der Waals surface area (Å²) in [7, 11) is 0. The standard InChI is InChI=1S/C30H34O4S/c1-2-3-4-5-6-7-8-27-17-18-28(35-27)21-9-11-22(12-10-21)30(33)34-26-16-15-23-19-25(29(31)32)14-13-24(23)20-26/h9-12,15-18,20,25H,2-8,13-14,19H2,1H3,(H,31,32). The second kappa shape index (κ2) is 12.2. The van der Waals surface area contributed by atoms with Gasteiger partial charge in [0.2, 0.25) is 0 Å². The van der Waals surface area contributed by atoms with Crippen LogP contribution >= 0.6 is 11.3 Å². The molecular formula is C30H34O4S. The second-order valence-electron chi connectivity index (χ2n) is 9.46. The van der Waals surface area contributed by atoms with Crippen molar-refractivity contribution in [1.29, 1.82) is 0 Å². The summed E-state index contributed by atoms with van der Waals surface area (Å²) in [4.78, 5) is 26.6. The van der Waals surface area contributed by atoms with E-state index in [1.54, 1.807) is 6.07 Å². The smallest absolute Gasteiger partial charge is 0.343 e. The highest BCUT2D eigenvalue weighted by Gasteiger charge is 2.24. The quantitative estimate of drug-likeness (QED) is 0.170. The molecular weight excluding hydrogens is 456 g/mol. The number of hydrogen-bond acceptors (Lipinski definition) is 4. The average Bonchev–Trinajstić information content (AvgIpc) is 3.35. The Morgan fingerprint density at radius 3 is 2.49 bits per heavy atom. The van der Waals surface area contributed by atoms with Gasteiger partial charge in [-0.05, 0) is 85.2 Å². The van der Waals surface area contributed by atoms with Gasteiger partial charge in [-0.2, -0.15) is 0 Å². The van der Waals surface area contributed by atoms with Gasteiger partial charge in [0.25, 0.3) is 0 Å². The molecule has 0 fully saturated rings. The fraction of sp³-hybridized carbons (Fsp3) is 0.400. The Kier molecular flexibility index (Phi) is 8.75. The summed E-state index contributed by atoms with van der Waals surface area (Å²) in [6, 6.07) is 17.5. The molecule has 1 unspecified atom stereocenters.